The molecule has 1 amide bonds. The molecular weight excluding hydrogens is 434 g/mol. The van der Waals surface area contributed by atoms with E-state index in [-0.39, 0.29) is 25.2 Å². The third kappa shape index (κ3) is 4.34. The molecule has 0 bridgehead atoms. The number of rotatable bonds is 5. The summed E-state index contributed by atoms with van der Waals surface area (Å²) < 4.78 is 28.3. The van der Waals surface area contributed by atoms with Gasteiger partial charge in [-0.15, -0.1) is 10.2 Å². The highest BCUT2D eigenvalue weighted by molar-refractivity contribution is 7.19. The van der Waals surface area contributed by atoms with Gasteiger partial charge in [0.05, 0.1) is 18.7 Å². The van der Waals surface area contributed by atoms with E-state index in [2.05, 4.69) is 25.7 Å². The standard InChI is InChI=1S/C19H19ClF2N6OS/c1-10-15(20)30-18(23-10)24-17(29)14(13-7-8-19(21,22)9-13)11-3-5-12(6-4-11)16-25-27-28(2)26-16/h3-6,13-14H,7-9H2,1-2H3,(H,23,24,29). The fraction of sp³-hybridized carbons (Fsp3) is 0.421. The number of aryl methyl sites for hydroxylation is 2. The zero-order valence-electron chi connectivity index (χ0n) is 16.3. The number of hydrogen-bond acceptors (Lipinski definition) is 6. The second kappa shape index (κ2) is 7.99. The zero-order valence-corrected chi connectivity index (χ0v) is 17.8. The molecule has 3 aromatic rings. The molecule has 2 aromatic heterocycles. The van der Waals surface area contributed by atoms with Gasteiger partial charge in [0.25, 0.3) is 0 Å². The van der Waals surface area contributed by atoms with E-state index >= 15 is 0 Å². The lowest BCUT2D eigenvalue weighted by Crippen LogP contribution is -2.27. The number of amides is 1. The third-order valence-corrected chi connectivity index (χ3v) is 6.57. The summed E-state index contributed by atoms with van der Waals surface area (Å²) in [5.41, 5.74) is 1.99. The molecule has 0 radical (unpaired) electrons. The quantitative estimate of drug-likeness (QED) is 0.618. The van der Waals surface area contributed by atoms with Gasteiger partial charge in [-0.05, 0) is 30.0 Å². The molecule has 0 spiro atoms. The Bertz CT molecular complexity index is 1050. The maximum atomic E-state index is 13.9. The van der Waals surface area contributed by atoms with Crippen LogP contribution in [0.15, 0.2) is 24.3 Å². The van der Waals surface area contributed by atoms with E-state index in [1.54, 1.807) is 38.2 Å². The Morgan fingerprint density at radius 2 is 2.10 bits per heavy atom. The molecule has 2 atom stereocenters. The Morgan fingerprint density at radius 1 is 1.37 bits per heavy atom. The first-order valence-electron chi connectivity index (χ1n) is 9.38. The Labute approximate surface area is 180 Å². The van der Waals surface area contributed by atoms with Gasteiger partial charge in [-0.25, -0.2) is 13.8 Å². The van der Waals surface area contributed by atoms with Gasteiger partial charge in [0.15, 0.2) is 5.13 Å². The Hall–Kier alpha value is -2.46. The number of anilines is 1. The molecule has 158 valence electrons. The lowest BCUT2D eigenvalue weighted by molar-refractivity contribution is -0.118. The van der Waals surface area contributed by atoms with Crippen LogP contribution in [0.2, 0.25) is 4.34 Å². The molecule has 7 nitrogen and oxygen atoms in total. The molecule has 11 heteroatoms. The van der Waals surface area contributed by atoms with Gasteiger partial charge < -0.3 is 5.32 Å². The number of benzene rings is 1. The van der Waals surface area contributed by atoms with E-state index in [0.717, 1.165) is 16.9 Å². The van der Waals surface area contributed by atoms with Crippen molar-refractivity contribution >= 4 is 34.0 Å². The largest absolute Gasteiger partial charge is 0.301 e. The van der Waals surface area contributed by atoms with Crippen LogP contribution in [-0.2, 0) is 11.8 Å². The van der Waals surface area contributed by atoms with Crippen molar-refractivity contribution in [1.29, 1.82) is 0 Å². The number of nitrogens with one attached hydrogen (secondary N) is 1. The normalized spacial score (nSPS) is 19.0. The highest BCUT2D eigenvalue weighted by Gasteiger charge is 2.45. The highest BCUT2D eigenvalue weighted by Crippen LogP contribution is 2.46. The molecule has 4 rings (SSSR count). The maximum absolute atomic E-state index is 13.9. The molecule has 1 N–H and O–H groups in total. The minimum absolute atomic E-state index is 0.217. The number of nitrogens with zero attached hydrogens (tertiary/aromatic N) is 5. The number of carbonyl (C=O) groups is 1. The topological polar surface area (TPSA) is 85.6 Å². The summed E-state index contributed by atoms with van der Waals surface area (Å²) in [6, 6.07) is 7.05. The predicted molar refractivity (Wildman–Crippen MR) is 110 cm³/mol. The van der Waals surface area contributed by atoms with E-state index < -0.39 is 17.8 Å². The van der Waals surface area contributed by atoms with Crippen LogP contribution >= 0.6 is 22.9 Å². The molecule has 2 unspecified atom stereocenters. The zero-order chi connectivity index (χ0) is 21.5. The van der Waals surface area contributed by atoms with Crippen molar-refractivity contribution in [2.24, 2.45) is 13.0 Å². The van der Waals surface area contributed by atoms with Gasteiger partial charge in [-0.2, -0.15) is 4.80 Å². The Balaban J connectivity index is 1.62. The number of hydrogen-bond donors (Lipinski definition) is 1. The van der Waals surface area contributed by atoms with Crippen LogP contribution < -0.4 is 5.32 Å². The van der Waals surface area contributed by atoms with Crippen LogP contribution in [-0.4, -0.2) is 37.0 Å². The Morgan fingerprint density at radius 3 is 2.63 bits per heavy atom. The van der Waals surface area contributed by atoms with Crippen LogP contribution in [0.4, 0.5) is 13.9 Å². The fourth-order valence-electron chi connectivity index (χ4n) is 3.76. The van der Waals surface area contributed by atoms with Gasteiger partial charge >= 0.3 is 0 Å². The number of thiazole rings is 1. The molecule has 1 saturated carbocycles. The SMILES string of the molecule is Cc1nc(NC(=O)C(c2ccc(-c3nnn(C)n3)cc2)C2CCC(F)(F)C2)sc1Cl. The summed E-state index contributed by atoms with van der Waals surface area (Å²) in [6.07, 6.45) is -0.266. The first kappa shape index (κ1) is 20.8. The van der Waals surface area contributed by atoms with Gasteiger partial charge in [0, 0.05) is 18.4 Å². The van der Waals surface area contributed by atoms with Crippen LogP contribution in [0.5, 0.6) is 0 Å². The van der Waals surface area contributed by atoms with E-state index in [0.29, 0.717) is 26.5 Å². The van der Waals surface area contributed by atoms with Crippen molar-refractivity contribution in [3.63, 3.8) is 0 Å². The van der Waals surface area contributed by atoms with Gasteiger partial charge in [0.1, 0.15) is 4.34 Å². The lowest BCUT2D eigenvalue weighted by atomic mass is 9.83. The van der Waals surface area contributed by atoms with Crippen LogP contribution in [0.25, 0.3) is 11.4 Å². The average Bonchev–Trinajstić information content (AvgIpc) is 3.35. The van der Waals surface area contributed by atoms with Crippen molar-refractivity contribution in [3.8, 4) is 11.4 Å². The third-order valence-electron chi connectivity index (χ3n) is 5.20. The minimum Gasteiger partial charge on any atom is -0.301 e. The molecule has 1 aliphatic carbocycles. The second-order valence-corrected chi connectivity index (χ2v) is 9.03. The first-order chi connectivity index (χ1) is 14.2. The number of carbonyl (C=O) groups excluding carboxylic acids is 1. The lowest BCUT2D eigenvalue weighted by Gasteiger charge is -2.23. The first-order valence-corrected chi connectivity index (χ1v) is 10.6. The average molecular weight is 453 g/mol. The summed E-state index contributed by atoms with van der Waals surface area (Å²) in [7, 11) is 1.66. The Kier molecular flexibility index (Phi) is 5.54. The van der Waals surface area contributed by atoms with E-state index in [9.17, 15) is 13.6 Å². The van der Waals surface area contributed by atoms with Gasteiger partial charge in [-0.1, -0.05) is 47.2 Å². The summed E-state index contributed by atoms with van der Waals surface area (Å²) in [4.78, 5) is 18.7. The maximum Gasteiger partial charge on any atom is 0.248 e. The molecule has 1 aliphatic rings. The van der Waals surface area contributed by atoms with E-state index in [4.69, 9.17) is 11.6 Å². The van der Waals surface area contributed by atoms with Crippen molar-refractivity contribution in [2.45, 2.75) is 38.0 Å². The molecular formula is C19H19ClF2N6OS. The molecule has 1 fully saturated rings. The van der Waals surface area contributed by atoms with E-state index in [1.165, 1.54) is 4.80 Å². The number of alkyl halides is 2. The molecule has 0 aliphatic heterocycles. The molecule has 2 heterocycles. The number of tetrazole rings is 1. The monoisotopic (exact) mass is 452 g/mol. The molecule has 30 heavy (non-hydrogen) atoms. The predicted octanol–water partition coefficient (Wildman–Crippen LogP) is 4.45. The van der Waals surface area contributed by atoms with Crippen molar-refractivity contribution in [3.05, 3.63) is 39.9 Å². The number of halogens is 3. The minimum atomic E-state index is -2.76. The second-order valence-electron chi connectivity index (χ2n) is 7.43. The summed E-state index contributed by atoms with van der Waals surface area (Å²) >= 11 is 7.19. The fourth-order valence-corrected chi connectivity index (χ4v) is 4.72. The smallest absolute Gasteiger partial charge is 0.248 e. The van der Waals surface area contributed by atoms with Crippen LogP contribution in [0.3, 0.4) is 0 Å². The highest BCUT2D eigenvalue weighted by atomic mass is 35.5. The van der Waals surface area contributed by atoms with Crippen molar-refractivity contribution < 1.29 is 13.6 Å². The van der Waals surface area contributed by atoms with Crippen molar-refractivity contribution in [2.75, 3.05) is 5.32 Å². The van der Waals surface area contributed by atoms with Crippen LogP contribution in [0.1, 0.15) is 36.4 Å². The van der Waals surface area contributed by atoms with Gasteiger partial charge in [-0.3, -0.25) is 4.79 Å². The van der Waals surface area contributed by atoms with E-state index in [1.807, 2.05) is 0 Å². The van der Waals surface area contributed by atoms with Crippen LogP contribution in [0, 0.1) is 12.8 Å². The summed E-state index contributed by atoms with van der Waals surface area (Å²) in [6.45, 7) is 1.74. The summed E-state index contributed by atoms with van der Waals surface area (Å²) in [5, 5.41) is 15.0. The number of aromatic nitrogens is 5. The van der Waals surface area contributed by atoms with Crippen molar-refractivity contribution in [1.82, 2.24) is 25.2 Å². The molecule has 0 saturated heterocycles. The molecule has 1 aromatic carbocycles. The van der Waals surface area contributed by atoms with Gasteiger partial charge in [0.2, 0.25) is 17.7 Å². The summed E-state index contributed by atoms with van der Waals surface area (Å²) in [5.74, 6) is -3.88.